The molecule has 0 saturated carbocycles. The molecule has 256 valence electrons. The number of carbonyl (C=O) groups is 2. The molecule has 4 N–H and O–H groups in total. The maximum Gasteiger partial charge on any atom is 0.333 e. The van der Waals surface area contributed by atoms with Crippen LogP contribution in [0, 0.1) is 12.3 Å². The molecule has 16 heteroatoms. The Labute approximate surface area is 272 Å². The maximum absolute atomic E-state index is 12.6. The van der Waals surface area contributed by atoms with E-state index in [0.29, 0.717) is 64.5 Å². The Morgan fingerprint density at radius 2 is 1.63 bits per heavy atom. The van der Waals surface area contributed by atoms with E-state index in [1.165, 1.54) is 14.1 Å². The van der Waals surface area contributed by atoms with Crippen LogP contribution in [0.5, 0.6) is 5.88 Å². The minimum atomic E-state index is -0.660. The summed E-state index contributed by atoms with van der Waals surface area (Å²) < 4.78 is 23.9. The molecule has 3 atom stereocenters. The van der Waals surface area contributed by atoms with E-state index in [9.17, 15) is 24.3 Å². The lowest BCUT2D eigenvalue weighted by atomic mass is 10.0. The van der Waals surface area contributed by atoms with Crippen LogP contribution in [0.2, 0.25) is 0 Å². The summed E-state index contributed by atoms with van der Waals surface area (Å²) in [4.78, 5) is 52.3. The molecule has 3 amide bonds. The fraction of sp³-hybridized carbons (Fsp3) is 0.700. The van der Waals surface area contributed by atoms with Crippen LogP contribution in [0.15, 0.2) is 14.6 Å². The molecule has 1 aromatic heterocycles. The van der Waals surface area contributed by atoms with Gasteiger partial charge in [0.1, 0.15) is 5.56 Å². The van der Waals surface area contributed by atoms with Crippen molar-refractivity contribution >= 4 is 29.4 Å². The number of nitrogens with one attached hydrogen (secondary N) is 3. The highest BCUT2D eigenvalue weighted by atomic mass is 32.2. The van der Waals surface area contributed by atoms with Gasteiger partial charge >= 0.3 is 11.7 Å². The maximum atomic E-state index is 12.6. The number of unbranched alkanes of at least 4 members (excludes halogenated alkanes) is 1. The summed E-state index contributed by atoms with van der Waals surface area (Å²) in [6.45, 7) is 3.27. The summed E-state index contributed by atoms with van der Waals surface area (Å²) in [7, 11) is 2.69. The van der Waals surface area contributed by atoms with Crippen LogP contribution in [0.25, 0.3) is 0 Å². The zero-order chi connectivity index (χ0) is 33.3. The Balaban J connectivity index is 1.12. The number of hydrogen-bond acceptors (Lipinski definition) is 11. The molecule has 1 aromatic rings. The predicted octanol–water partition coefficient (Wildman–Crippen LogP) is -0.490. The number of terminal acetylenes is 1. The van der Waals surface area contributed by atoms with Crippen molar-refractivity contribution in [2.24, 2.45) is 19.1 Å². The lowest BCUT2D eigenvalue weighted by Crippen LogP contribution is -2.40. The average molecular weight is 667 g/mol. The molecule has 3 heterocycles. The van der Waals surface area contributed by atoms with E-state index in [-0.39, 0.29) is 54.9 Å². The van der Waals surface area contributed by atoms with Gasteiger partial charge in [-0.05, 0) is 12.8 Å². The van der Waals surface area contributed by atoms with Crippen LogP contribution >= 0.6 is 11.8 Å². The van der Waals surface area contributed by atoms with Gasteiger partial charge in [0.2, 0.25) is 11.8 Å². The number of nitrogens with zero attached hydrogens (tertiary/aromatic N) is 3. The molecule has 2 fully saturated rings. The SMILES string of the molecule is C#CCN=C(CCOCCOCCOCCOCCNC(=O)CCCC[C@@H]1SC[C@@H]2NC(=O)N[C@@H]21)c1c(O)n(C)c(=O)n(C)c1=O. The van der Waals surface area contributed by atoms with Crippen molar-refractivity contribution in [2.45, 2.75) is 49.4 Å². The van der Waals surface area contributed by atoms with Gasteiger partial charge < -0.3 is 40.0 Å². The van der Waals surface area contributed by atoms with E-state index in [1.54, 1.807) is 0 Å². The highest BCUT2D eigenvalue weighted by molar-refractivity contribution is 8.00. The smallest absolute Gasteiger partial charge is 0.333 e. The monoisotopic (exact) mass is 666 g/mol. The topological polar surface area (TPSA) is 184 Å². The first-order valence-electron chi connectivity index (χ1n) is 15.5. The number of ether oxygens (including phenoxy) is 4. The molecular formula is C30H46N6O9S. The Kier molecular flexibility index (Phi) is 16.1. The summed E-state index contributed by atoms with van der Waals surface area (Å²) in [6, 6.07) is 0.360. The molecule has 2 aliphatic rings. The van der Waals surface area contributed by atoms with E-state index in [2.05, 4.69) is 26.9 Å². The van der Waals surface area contributed by atoms with Crippen LogP contribution in [0.4, 0.5) is 4.79 Å². The molecule has 0 radical (unpaired) electrons. The minimum absolute atomic E-state index is 0.00950. The van der Waals surface area contributed by atoms with Crippen LogP contribution in [0.1, 0.15) is 37.7 Å². The molecule has 0 spiro atoms. The molecule has 0 bridgehead atoms. The zero-order valence-corrected chi connectivity index (χ0v) is 27.4. The number of aromatic hydroxyl groups is 1. The highest BCUT2D eigenvalue weighted by Crippen LogP contribution is 2.33. The number of hydrogen-bond donors (Lipinski definition) is 4. The molecule has 2 saturated heterocycles. The molecule has 3 rings (SSSR count). The number of rotatable bonds is 22. The van der Waals surface area contributed by atoms with E-state index in [4.69, 9.17) is 25.4 Å². The number of aromatic nitrogens is 2. The summed E-state index contributed by atoms with van der Waals surface area (Å²) in [5.41, 5.74) is -1.13. The molecule has 0 aliphatic carbocycles. The van der Waals surface area contributed by atoms with E-state index in [1.807, 2.05) is 11.8 Å². The molecule has 15 nitrogen and oxygen atoms in total. The second-order valence-electron chi connectivity index (χ2n) is 10.8. The van der Waals surface area contributed by atoms with Crippen molar-refractivity contribution in [1.82, 2.24) is 25.1 Å². The quantitative estimate of drug-likeness (QED) is 0.0545. The van der Waals surface area contributed by atoms with Crippen molar-refractivity contribution in [3.8, 4) is 18.2 Å². The molecule has 0 unspecified atom stereocenters. The number of fused-ring (bicyclic) bond motifs is 1. The van der Waals surface area contributed by atoms with Gasteiger partial charge in [0.05, 0.1) is 77.2 Å². The van der Waals surface area contributed by atoms with Crippen molar-refractivity contribution in [3.63, 3.8) is 0 Å². The molecular weight excluding hydrogens is 620 g/mol. The lowest BCUT2D eigenvalue weighted by Gasteiger charge is -2.16. The summed E-state index contributed by atoms with van der Waals surface area (Å²) in [5, 5.41) is 19.6. The summed E-state index contributed by atoms with van der Waals surface area (Å²) in [6.07, 6.45) is 8.75. The second-order valence-corrected chi connectivity index (χ2v) is 12.1. The van der Waals surface area contributed by atoms with Crippen LogP contribution < -0.4 is 27.2 Å². The fourth-order valence-corrected chi connectivity index (χ4v) is 6.61. The largest absolute Gasteiger partial charge is 0.494 e. The van der Waals surface area contributed by atoms with Crippen molar-refractivity contribution < 1.29 is 33.6 Å². The summed E-state index contributed by atoms with van der Waals surface area (Å²) >= 11 is 1.89. The molecule has 46 heavy (non-hydrogen) atoms. The first-order chi connectivity index (χ1) is 22.2. The third-order valence-corrected chi connectivity index (χ3v) is 9.04. The van der Waals surface area contributed by atoms with Gasteiger partial charge in [-0.25, -0.2) is 9.59 Å². The van der Waals surface area contributed by atoms with Gasteiger partial charge in [0.25, 0.3) is 5.56 Å². The predicted molar refractivity (Wildman–Crippen MR) is 174 cm³/mol. The first-order valence-corrected chi connectivity index (χ1v) is 16.5. The Morgan fingerprint density at radius 3 is 2.30 bits per heavy atom. The fourth-order valence-electron chi connectivity index (χ4n) is 5.07. The normalized spacial score (nSPS) is 19.0. The highest BCUT2D eigenvalue weighted by Gasteiger charge is 2.42. The van der Waals surface area contributed by atoms with Crippen molar-refractivity contribution in [1.29, 1.82) is 0 Å². The van der Waals surface area contributed by atoms with E-state index >= 15 is 0 Å². The molecule has 0 aromatic carbocycles. The van der Waals surface area contributed by atoms with Crippen molar-refractivity contribution in [2.75, 3.05) is 71.7 Å². The van der Waals surface area contributed by atoms with Gasteiger partial charge in [0, 0.05) is 44.5 Å². The zero-order valence-electron chi connectivity index (χ0n) is 26.6. The Bertz CT molecular complexity index is 1340. The van der Waals surface area contributed by atoms with Crippen LogP contribution in [-0.2, 0) is 37.8 Å². The summed E-state index contributed by atoms with van der Waals surface area (Å²) in [5.74, 6) is 2.86. The van der Waals surface area contributed by atoms with Crippen LogP contribution in [-0.4, -0.2) is 121 Å². The van der Waals surface area contributed by atoms with Gasteiger partial charge in [0.15, 0.2) is 0 Å². The van der Waals surface area contributed by atoms with Gasteiger partial charge in [-0.15, -0.1) is 6.42 Å². The van der Waals surface area contributed by atoms with Gasteiger partial charge in [-0.2, -0.15) is 11.8 Å². The van der Waals surface area contributed by atoms with Gasteiger partial charge in [-0.1, -0.05) is 12.3 Å². The number of carbonyl (C=O) groups excluding carboxylic acids is 2. The van der Waals surface area contributed by atoms with Gasteiger partial charge in [-0.3, -0.25) is 23.7 Å². The van der Waals surface area contributed by atoms with Crippen LogP contribution in [0.3, 0.4) is 0 Å². The first kappa shape index (κ1) is 37.1. The van der Waals surface area contributed by atoms with E-state index in [0.717, 1.165) is 34.1 Å². The third-order valence-electron chi connectivity index (χ3n) is 7.53. The molecule has 2 aliphatic heterocycles. The lowest BCUT2D eigenvalue weighted by molar-refractivity contribution is -0.121. The number of urea groups is 1. The number of thioether (sulfide) groups is 1. The van der Waals surface area contributed by atoms with Crippen molar-refractivity contribution in [3.05, 3.63) is 26.4 Å². The second kappa shape index (κ2) is 20.0. The Morgan fingerprint density at radius 1 is 0.978 bits per heavy atom. The number of amides is 3. The third kappa shape index (κ3) is 11.5. The number of aliphatic imine (C=N–C) groups is 1. The minimum Gasteiger partial charge on any atom is -0.494 e. The average Bonchev–Trinajstić information content (AvgIpc) is 3.60. The standard InChI is InChI=1S/C30H46N6O9S/c1-4-10-31-21(25-27(38)35(2)30(41)36(3)28(25)39)9-12-42-14-16-44-18-19-45-17-15-43-13-11-32-24(37)8-6-5-7-23-26-22(20-46-23)33-29(40)34-26/h1,22-23,26,38H,5-20H2,2-3H3,(H,32,37)(H2,33,34,40)/t22-,23-,26-/m0/s1. The van der Waals surface area contributed by atoms with E-state index < -0.39 is 17.1 Å². The Hall–Kier alpha value is -3.36.